The molecule has 24 heavy (non-hydrogen) atoms. The van der Waals surface area contributed by atoms with Crippen LogP contribution in [0.2, 0.25) is 0 Å². The van der Waals surface area contributed by atoms with Crippen LogP contribution in [-0.2, 0) is 14.8 Å². The molecule has 6 nitrogen and oxygen atoms in total. The fourth-order valence-corrected chi connectivity index (χ4v) is 4.84. The number of methoxy groups -OCH3 is 1. The van der Waals surface area contributed by atoms with Crippen molar-refractivity contribution in [3.63, 3.8) is 0 Å². The summed E-state index contributed by atoms with van der Waals surface area (Å²) in [4.78, 5) is 11.6. The van der Waals surface area contributed by atoms with Crippen molar-refractivity contribution in [2.45, 2.75) is 18.2 Å². The van der Waals surface area contributed by atoms with Gasteiger partial charge in [0.2, 0.25) is 10.0 Å². The van der Waals surface area contributed by atoms with Gasteiger partial charge in [-0.1, -0.05) is 24.3 Å². The minimum atomic E-state index is -3.78. The van der Waals surface area contributed by atoms with E-state index >= 15 is 0 Å². The Labute approximate surface area is 140 Å². The molecule has 2 aromatic carbocycles. The Bertz CT molecular complexity index is 908. The number of benzene rings is 2. The van der Waals surface area contributed by atoms with Crippen LogP contribution in [-0.4, -0.2) is 44.0 Å². The summed E-state index contributed by atoms with van der Waals surface area (Å²) in [6, 6.07) is 10.3. The molecule has 0 radical (unpaired) electrons. The van der Waals surface area contributed by atoms with Crippen LogP contribution in [0.1, 0.15) is 13.3 Å². The van der Waals surface area contributed by atoms with Crippen LogP contribution in [0.25, 0.3) is 10.8 Å². The van der Waals surface area contributed by atoms with Crippen molar-refractivity contribution in [1.82, 2.24) is 4.31 Å². The van der Waals surface area contributed by atoms with Gasteiger partial charge in [-0.3, -0.25) is 4.79 Å². The molecule has 1 unspecified atom stereocenters. The Balaban J connectivity index is 2.09. The number of nitrogens with zero attached hydrogens (tertiary/aromatic N) is 1. The van der Waals surface area contributed by atoms with Crippen molar-refractivity contribution in [2.24, 2.45) is 5.41 Å². The van der Waals surface area contributed by atoms with E-state index in [2.05, 4.69) is 0 Å². The van der Waals surface area contributed by atoms with Gasteiger partial charge in [0.05, 0.1) is 17.4 Å². The van der Waals surface area contributed by atoms with Crippen LogP contribution in [0, 0.1) is 5.41 Å². The molecule has 0 aliphatic carbocycles. The van der Waals surface area contributed by atoms with E-state index in [0.717, 1.165) is 0 Å². The Morgan fingerprint density at radius 2 is 1.88 bits per heavy atom. The molecular weight excluding hydrogens is 330 g/mol. The lowest BCUT2D eigenvalue weighted by Crippen LogP contribution is -2.35. The van der Waals surface area contributed by atoms with Gasteiger partial charge in [0.25, 0.3) is 0 Å². The monoisotopic (exact) mass is 349 g/mol. The third-order valence-electron chi connectivity index (χ3n) is 4.64. The summed E-state index contributed by atoms with van der Waals surface area (Å²) in [5.41, 5.74) is -1.05. The largest absolute Gasteiger partial charge is 0.496 e. The first-order valence-electron chi connectivity index (χ1n) is 7.59. The summed E-state index contributed by atoms with van der Waals surface area (Å²) in [6.07, 6.45) is 0.301. The number of hydrogen-bond donors (Lipinski definition) is 1. The van der Waals surface area contributed by atoms with Crippen molar-refractivity contribution in [1.29, 1.82) is 0 Å². The molecule has 1 aliphatic rings. The van der Waals surface area contributed by atoms with E-state index in [0.29, 0.717) is 22.9 Å². The van der Waals surface area contributed by atoms with Gasteiger partial charge in [-0.25, -0.2) is 8.42 Å². The van der Waals surface area contributed by atoms with E-state index in [1.54, 1.807) is 31.2 Å². The summed E-state index contributed by atoms with van der Waals surface area (Å²) < 4.78 is 32.7. The van der Waals surface area contributed by atoms with Crippen LogP contribution < -0.4 is 4.74 Å². The van der Waals surface area contributed by atoms with Gasteiger partial charge in [0.1, 0.15) is 5.75 Å². The SMILES string of the molecule is COc1ccc(S(=O)(=O)N2CCC(C)(C(=O)O)C2)c2ccccc12. The summed E-state index contributed by atoms with van der Waals surface area (Å²) >= 11 is 0. The molecule has 1 fully saturated rings. The lowest BCUT2D eigenvalue weighted by molar-refractivity contribution is -0.146. The average molecular weight is 349 g/mol. The smallest absolute Gasteiger partial charge is 0.310 e. The van der Waals surface area contributed by atoms with E-state index in [-0.39, 0.29) is 18.0 Å². The first-order valence-corrected chi connectivity index (χ1v) is 9.03. The van der Waals surface area contributed by atoms with Crippen molar-refractivity contribution < 1.29 is 23.1 Å². The predicted molar refractivity (Wildman–Crippen MR) is 89.6 cm³/mol. The Hall–Kier alpha value is -2.12. The molecule has 0 amide bonds. The first kappa shape index (κ1) is 16.7. The highest BCUT2D eigenvalue weighted by Crippen LogP contribution is 2.37. The molecule has 2 aromatic rings. The second-order valence-electron chi connectivity index (χ2n) is 6.27. The highest BCUT2D eigenvalue weighted by molar-refractivity contribution is 7.89. The molecule has 0 aromatic heterocycles. The second kappa shape index (κ2) is 5.75. The maximum atomic E-state index is 13.1. The number of ether oxygens (including phenoxy) is 1. The Morgan fingerprint density at radius 1 is 1.21 bits per heavy atom. The maximum absolute atomic E-state index is 13.1. The predicted octanol–water partition coefficient (Wildman–Crippen LogP) is 2.33. The van der Waals surface area contributed by atoms with Gasteiger partial charge in [0, 0.05) is 23.9 Å². The fourth-order valence-electron chi connectivity index (χ4n) is 3.08. The molecular formula is C17H19NO5S. The molecule has 0 bridgehead atoms. The normalized spacial score (nSPS) is 21.9. The molecule has 7 heteroatoms. The zero-order valence-electron chi connectivity index (χ0n) is 13.5. The van der Waals surface area contributed by atoms with Gasteiger partial charge in [-0.05, 0) is 25.5 Å². The molecule has 0 spiro atoms. The van der Waals surface area contributed by atoms with Gasteiger partial charge >= 0.3 is 5.97 Å². The highest BCUT2D eigenvalue weighted by Gasteiger charge is 2.45. The molecule has 1 aliphatic heterocycles. The van der Waals surface area contributed by atoms with E-state index in [9.17, 15) is 18.3 Å². The lowest BCUT2D eigenvalue weighted by atomic mass is 9.90. The van der Waals surface area contributed by atoms with Gasteiger partial charge in [-0.15, -0.1) is 0 Å². The highest BCUT2D eigenvalue weighted by atomic mass is 32.2. The molecule has 0 saturated carbocycles. The molecule has 1 atom stereocenters. The van der Waals surface area contributed by atoms with Gasteiger partial charge in [-0.2, -0.15) is 4.31 Å². The minimum Gasteiger partial charge on any atom is -0.496 e. The average Bonchev–Trinajstić information content (AvgIpc) is 2.98. The first-order chi connectivity index (χ1) is 11.3. The maximum Gasteiger partial charge on any atom is 0.310 e. The molecule has 1 saturated heterocycles. The fraction of sp³-hybridized carbons (Fsp3) is 0.353. The number of fused-ring (bicyclic) bond motifs is 1. The van der Waals surface area contributed by atoms with E-state index in [1.165, 1.54) is 17.5 Å². The molecule has 3 rings (SSSR count). The number of carboxylic acids is 1. The van der Waals surface area contributed by atoms with Crippen molar-refractivity contribution in [3.05, 3.63) is 36.4 Å². The molecule has 1 N–H and O–H groups in total. The zero-order chi connectivity index (χ0) is 17.5. The standard InChI is InChI=1S/C17H19NO5S/c1-17(16(19)20)9-10-18(11-17)24(21,22)15-8-7-14(23-2)12-5-3-4-6-13(12)15/h3-8H,9-11H2,1-2H3,(H,19,20). The van der Waals surface area contributed by atoms with Crippen molar-refractivity contribution in [2.75, 3.05) is 20.2 Å². The minimum absolute atomic E-state index is 0.0228. The number of hydrogen-bond acceptors (Lipinski definition) is 4. The van der Waals surface area contributed by atoms with Crippen LogP contribution in [0.15, 0.2) is 41.3 Å². The number of carboxylic acid groups (broad SMARTS) is 1. The number of rotatable bonds is 4. The van der Waals surface area contributed by atoms with E-state index in [4.69, 9.17) is 4.74 Å². The summed E-state index contributed by atoms with van der Waals surface area (Å²) in [5.74, 6) is -0.374. The summed E-state index contributed by atoms with van der Waals surface area (Å²) in [7, 11) is -2.24. The number of aliphatic carboxylic acids is 1. The van der Waals surface area contributed by atoms with Crippen LogP contribution in [0.5, 0.6) is 5.75 Å². The van der Waals surface area contributed by atoms with Crippen molar-refractivity contribution in [3.8, 4) is 5.75 Å². The van der Waals surface area contributed by atoms with E-state index in [1.807, 2.05) is 6.07 Å². The van der Waals surface area contributed by atoms with Crippen LogP contribution in [0.3, 0.4) is 0 Å². The Kier molecular flexibility index (Phi) is 4.01. The Morgan fingerprint density at radius 3 is 2.46 bits per heavy atom. The van der Waals surface area contributed by atoms with Gasteiger partial charge in [0.15, 0.2) is 0 Å². The topological polar surface area (TPSA) is 83.9 Å². The number of carbonyl (C=O) groups is 1. The van der Waals surface area contributed by atoms with Gasteiger partial charge < -0.3 is 9.84 Å². The zero-order valence-corrected chi connectivity index (χ0v) is 14.3. The molecule has 128 valence electrons. The summed E-state index contributed by atoms with van der Waals surface area (Å²) in [5, 5.41) is 10.6. The lowest BCUT2D eigenvalue weighted by Gasteiger charge is -2.21. The van der Waals surface area contributed by atoms with Crippen LogP contribution >= 0.6 is 0 Å². The number of sulfonamides is 1. The quantitative estimate of drug-likeness (QED) is 0.916. The third-order valence-corrected chi connectivity index (χ3v) is 6.54. The third kappa shape index (κ3) is 2.53. The summed E-state index contributed by atoms with van der Waals surface area (Å²) in [6.45, 7) is 1.76. The second-order valence-corrected chi connectivity index (χ2v) is 8.17. The van der Waals surface area contributed by atoms with Crippen LogP contribution in [0.4, 0.5) is 0 Å². The molecule has 1 heterocycles. The van der Waals surface area contributed by atoms with Crippen molar-refractivity contribution >= 4 is 26.8 Å². The van der Waals surface area contributed by atoms with E-state index < -0.39 is 21.4 Å².